The highest BCUT2D eigenvalue weighted by molar-refractivity contribution is 5.81. The number of nitrogens with one attached hydrogen (secondary N) is 1. The summed E-state index contributed by atoms with van der Waals surface area (Å²) in [4.78, 5) is 18.3. The lowest BCUT2D eigenvalue weighted by Gasteiger charge is -2.33. The van der Waals surface area contributed by atoms with Crippen molar-refractivity contribution < 1.29 is 9.53 Å². The van der Waals surface area contributed by atoms with Crippen LogP contribution in [0, 0.1) is 5.92 Å². The Bertz CT molecular complexity index is 527. The average Bonchev–Trinajstić information content (AvgIpc) is 2.94. The molecule has 0 bridgehead atoms. The Kier molecular flexibility index (Phi) is 5.74. The van der Waals surface area contributed by atoms with Gasteiger partial charge in [-0.1, -0.05) is 0 Å². The van der Waals surface area contributed by atoms with Crippen LogP contribution in [0.25, 0.3) is 0 Å². The van der Waals surface area contributed by atoms with Gasteiger partial charge in [-0.05, 0) is 19.8 Å². The minimum absolute atomic E-state index is 0.0814. The van der Waals surface area contributed by atoms with Crippen molar-refractivity contribution in [3.05, 3.63) is 12.2 Å². The van der Waals surface area contributed by atoms with Crippen LogP contribution in [0.3, 0.4) is 0 Å². The molecule has 1 N–H and O–H groups in total. The highest BCUT2D eigenvalue weighted by Crippen LogP contribution is 2.18. The minimum Gasteiger partial charge on any atom is -0.466 e. The fraction of sp³-hybridized carbons (Fsp3) is 0.714. The number of piperidine rings is 1. The summed E-state index contributed by atoms with van der Waals surface area (Å²) in [7, 11) is 3.64. The number of carbonyl (C=O) groups is 1. The van der Waals surface area contributed by atoms with E-state index in [0.29, 0.717) is 19.7 Å². The maximum absolute atomic E-state index is 11.9. The summed E-state index contributed by atoms with van der Waals surface area (Å²) in [6, 6.07) is 0. The van der Waals surface area contributed by atoms with E-state index in [1.54, 1.807) is 13.4 Å². The van der Waals surface area contributed by atoms with Gasteiger partial charge in [-0.2, -0.15) is 0 Å². The first-order valence-corrected chi connectivity index (χ1v) is 7.60. The average molecular weight is 308 g/mol. The smallest absolute Gasteiger partial charge is 0.310 e. The molecule has 0 aromatic carbocycles. The molecule has 0 saturated carbocycles. The molecule has 1 fully saturated rings. The topological polar surface area (TPSA) is 84.6 Å². The maximum Gasteiger partial charge on any atom is 0.310 e. The number of hydrogen-bond acceptors (Lipinski definition) is 5. The largest absolute Gasteiger partial charge is 0.466 e. The number of guanidine groups is 1. The van der Waals surface area contributed by atoms with Crippen molar-refractivity contribution in [1.29, 1.82) is 0 Å². The van der Waals surface area contributed by atoms with E-state index in [4.69, 9.17) is 4.74 Å². The molecule has 1 aliphatic heterocycles. The van der Waals surface area contributed by atoms with E-state index in [1.165, 1.54) is 0 Å². The van der Waals surface area contributed by atoms with Gasteiger partial charge in [0.05, 0.1) is 19.1 Å². The first-order chi connectivity index (χ1) is 10.7. The Morgan fingerprint density at radius 2 is 2.41 bits per heavy atom. The Hall–Kier alpha value is -2.12. The summed E-state index contributed by atoms with van der Waals surface area (Å²) in [5.74, 6) is 1.41. The van der Waals surface area contributed by atoms with Crippen LogP contribution in [0.4, 0.5) is 0 Å². The predicted molar refractivity (Wildman–Crippen MR) is 82.1 cm³/mol. The zero-order valence-electron chi connectivity index (χ0n) is 13.4. The third-order valence-electron chi connectivity index (χ3n) is 3.76. The fourth-order valence-corrected chi connectivity index (χ4v) is 2.58. The van der Waals surface area contributed by atoms with Gasteiger partial charge in [0.25, 0.3) is 0 Å². The van der Waals surface area contributed by atoms with Gasteiger partial charge in [0, 0.05) is 27.2 Å². The zero-order valence-corrected chi connectivity index (χ0v) is 13.4. The number of likely N-dealkylation sites (tertiary alicyclic amines) is 1. The Morgan fingerprint density at radius 3 is 3.05 bits per heavy atom. The second-order valence-corrected chi connectivity index (χ2v) is 5.30. The maximum atomic E-state index is 11.9. The molecule has 8 nitrogen and oxygen atoms in total. The summed E-state index contributed by atoms with van der Waals surface area (Å²) in [5, 5.41) is 11.2. The zero-order chi connectivity index (χ0) is 15.9. The second kappa shape index (κ2) is 7.77. The fourth-order valence-electron chi connectivity index (χ4n) is 2.58. The van der Waals surface area contributed by atoms with E-state index < -0.39 is 0 Å². The molecule has 0 spiro atoms. The normalized spacial score (nSPS) is 19.1. The van der Waals surface area contributed by atoms with E-state index >= 15 is 0 Å². The molecular formula is C14H24N6O2. The molecule has 0 amide bonds. The van der Waals surface area contributed by atoms with Gasteiger partial charge in [0.15, 0.2) is 11.8 Å². The lowest BCUT2D eigenvalue weighted by molar-refractivity contribution is -0.149. The van der Waals surface area contributed by atoms with Gasteiger partial charge in [-0.15, -0.1) is 10.2 Å². The van der Waals surface area contributed by atoms with Gasteiger partial charge in [-0.25, -0.2) is 0 Å². The van der Waals surface area contributed by atoms with Crippen molar-refractivity contribution in [1.82, 2.24) is 25.0 Å². The number of nitrogens with zero attached hydrogens (tertiary/aromatic N) is 5. The van der Waals surface area contributed by atoms with E-state index in [-0.39, 0.29) is 11.9 Å². The third-order valence-corrected chi connectivity index (χ3v) is 3.76. The summed E-state index contributed by atoms with van der Waals surface area (Å²) in [6.07, 6.45) is 3.49. The van der Waals surface area contributed by atoms with Crippen molar-refractivity contribution >= 4 is 11.9 Å². The minimum atomic E-state index is -0.115. The van der Waals surface area contributed by atoms with Crippen LogP contribution in [0.15, 0.2) is 11.3 Å². The number of aryl methyl sites for hydroxylation is 1. The van der Waals surface area contributed by atoms with E-state index in [0.717, 1.165) is 31.2 Å². The Balaban J connectivity index is 1.92. The lowest BCUT2D eigenvalue weighted by Crippen LogP contribution is -2.48. The highest BCUT2D eigenvalue weighted by Gasteiger charge is 2.28. The molecule has 0 aliphatic carbocycles. The van der Waals surface area contributed by atoms with E-state index in [1.807, 2.05) is 18.5 Å². The molecule has 1 atom stereocenters. The molecule has 8 heteroatoms. The number of aliphatic imine (C=N–C) groups is 1. The van der Waals surface area contributed by atoms with Crippen LogP contribution in [-0.4, -0.2) is 58.3 Å². The van der Waals surface area contributed by atoms with Crippen molar-refractivity contribution in [3.8, 4) is 0 Å². The molecule has 1 aliphatic rings. The molecular weight excluding hydrogens is 284 g/mol. The number of carbonyl (C=O) groups excluding carboxylic acids is 1. The molecule has 22 heavy (non-hydrogen) atoms. The quantitative estimate of drug-likeness (QED) is 0.485. The number of esters is 1. The van der Waals surface area contributed by atoms with Gasteiger partial charge in [-0.3, -0.25) is 9.79 Å². The molecule has 1 aromatic heterocycles. The standard InChI is InChI=1S/C14H24N6O2/c1-4-22-13(21)11-6-5-7-20(9-11)14(15-2)16-8-12-18-17-10-19(12)3/h10-11H,4-9H2,1-3H3,(H,15,16). The first kappa shape index (κ1) is 16.3. The van der Waals surface area contributed by atoms with Gasteiger partial charge in [0.2, 0.25) is 0 Å². The predicted octanol–water partition coefficient (Wildman–Crippen LogP) is 0.166. The monoisotopic (exact) mass is 308 g/mol. The molecule has 1 unspecified atom stereocenters. The van der Waals surface area contributed by atoms with E-state index in [9.17, 15) is 4.79 Å². The van der Waals surface area contributed by atoms with Crippen molar-refractivity contribution in [3.63, 3.8) is 0 Å². The van der Waals surface area contributed by atoms with Gasteiger partial charge >= 0.3 is 5.97 Å². The second-order valence-electron chi connectivity index (χ2n) is 5.30. The van der Waals surface area contributed by atoms with Crippen LogP contribution >= 0.6 is 0 Å². The van der Waals surface area contributed by atoms with Crippen LogP contribution in [-0.2, 0) is 23.1 Å². The number of ether oxygens (including phenoxy) is 1. The molecule has 2 heterocycles. The van der Waals surface area contributed by atoms with Crippen LogP contribution < -0.4 is 5.32 Å². The molecule has 122 valence electrons. The number of aromatic nitrogens is 3. The highest BCUT2D eigenvalue weighted by atomic mass is 16.5. The summed E-state index contributed by atoms with van der Waals surface area (Å²) in [6.45, 7) is 4.32. The number of hydrogen-bond donors (Lipinski definition) is 1. The van der Waals surface area contributed by atoms with Gasteiger partial charge in [0.1, 0.15) is 6.33 Å². The van der Waals surface area contributed by atoms with Crippen LogP contribution in [0.2, 0.25) is 0 Å². The lowest BCUT2D eigenvalue weighted by atomic mass is 9.98. The molecule has 1 aromatic rings. The summed E-state index contributed by atoms with van der Waals surface area (Å²) >= 11 is 0. The summed E-state index contributed by atoms with van der Waals surface area (Å²) < 4.78 is 6.99. The SMILES string of the molecule is CCOC(=O)C1CCCN(C(=NC)NCc2nncn2C)C1. The molecule has 1 saturated heterocycles. The summed E-state index contributed by atoms with van der Waals surface area (Å²) in [5.41, 5.74) is 0. The number of rotatable bonds is 4. The first-order valence-electron chi connectivity index (χ1n) is 7.60. The van der Waals surface area contributed by atoms with Crippen molar-refractivity contribution in [2.24, 2.45) is 18.0 Å². The van der Waals surface area contributed by atoms with Crippen LogP contribution in [0.5, 0.6) is 0 Å². The third kappa shape index (κ3) is 3.96. The van der Waals surface area contributed by atoms with Crippen molar-refractivity contribution in [2.45, 2.75) is 26.3 Å². The van der Waals surface area contributed by atoms with Crippen molar-refractivity contribution in [2.75, 3.05) is 26.7 Å². The Morgan fingerprint density at radius 1 is 1.59 bits per heavy atom. The van der Waals surface area contributed by atoms with E-state index in [2.05, 4.69) is 25.4 Å². The Labute approximate surface area is 130 Å². The molecule has 0 radical (unpaired) electrons. The molecule has 2 rings (SSSR count). The van der Waals surface area contributed by atoms with Crippen LogP contribution in [0.1, 0.15) is 25.6 Å². The van der Waals surface area contributed by atoms with Gasteiger partial charge < -0.3 is 19.5 Å².